The first-order valence-corrected chi connectivity index (χ1v) is 8.67. The van der Waals surface area contributed by atoms with E-state index in [1.807, 2.05) is 26.2 Å². The molecule has 0 saturated carbocycles. The maximum Gasteiger partial charge on any atom is 0.241 e. The monoisotopic (exact) mass is 290 g/mol. The molecule has 0 spiro atoms. The zero-order valence-corrected chi connectivity index (χ0v) is 12.8. The number of rotatable bonds is 8. The molecule has 2 N–H and O–H groups in total. The van der Waals surface area contributed by atoms with Crippen LogP contribution in [0.1, 0.15) is 38.5 Å². The second kappa shape index (κ2) is 7.23. The minimum absolute atomic E-state index is 0.0214. The average molecular weight is 290 g/mol. The normalized spacial score (nSPS) is 13.7. The molecule has 0 fully saturated rings. The highest BCUT2D eigenvalue weighted by molar-refractivity contribution is 7.89. The predicted molar refractivity (Wildman–Crippen MR) is 76.4 cm³/mol. The molecule has 0 saturated heterocycles. The number of hydrogen-bond acceptors (Lipinski definition) is 4. The third kappa shape index (κ3) is 4.35. The van der Waals surface area contributed by atoms with Crippen molar-refractivity contribution in [1.29, 1.82) is 0 Å². The molecule has 1 aromatic heterocycles. The van der Waals surface area contributed by atoms with Crippen LogP contribution in [0, 0.1) is 0 Å². The summed E-state index contributed by atoms with van der Waals surface area (Å²) in [6.07, 6.45) is 1.82. The Labute approximate surface area is 114 Å². The molecule has 0 aliphatic heterocycles. The van der Waals surface area contributed by atoms with E-state index < -0.39 is 10.0 Å². The van der Waals surface area contributed by atoms with E-state index in [0.29, 0.717) is 11.4 Å². The number of sulfonamides is 1. The smallest absolute Gasteiger partial charge is 0.241 e. The fourth-order valence-corrected chi connectivity index (χ4v) is 4.45. The highest BCUT2D eigenvalue weighted by Gasteiger charge is 2.21. The Hall–Kier alpha value is -0.430. The largest absolute Gasteiger partial charge is 0.312 e. The van der Waals surface area contributed by atoms with Crippen LogP contribution in [0.5, 0.6) is 0 Å². The van der Waals surface area contributed by atoms with Gasteiger partial charge >= 0.3 is 0 Å². The van der Waals surface area contributed by atoms with Crippen LogP contribution in [-0.4, -0.2) is 21.0 Å². The molecule has 0 amide bonds. The zero-order valence-electron chi connectivity index (χ0n) is 11.2. The molecule has 1 unspecified atom stereocenters. The fourth-order valence-electron chi connectivity index (χ4n) is 1.76. The zero-order chi connectivity index (χ0) is 13.6. The fraction of sp³-hybridized carbons (Fsp3) is 0.667. The Morgan fingerprint density at radius 2 is 2.11 bits per heavy atom. The van der Waals surface area contributed by atoms with Crippen LogP contribution in [0.4, 0.5) is 0 Å². The molecule has 4 nitrogen and oxygen atoms in total. The minimum Gasteiger partial charge on any atom is -0.312 e. The molecule has 1 aromatic rings. The van der Waals surface area contributed by atoms with Crippen molar-refractivity contribution in [2.24, 2.45) is 0 Å². The van der Waals surface area contributed by atoms with Crippen molar-refractivity contribution in [2.45, 2.75) is 51.1 Å². The summed E-state index contributed by atoms with van der Waals surface area (Å²) >= 11 is 1.48. The first-order valence-electron chi connectivity index (χ1n) is 6.30. The summed E-state index contributed by atoms with van der Waals surface area (Å²) in [4.78, 5) is 1.28. The standard InChI is InChI=1S/C12H22N2O2S2/c1-4-6-10(3)14-18(15,16)12-7-8-17-11(12)9-13-5-2/h7-8,10,13-14H,4-6,9H2,1-3H3. The Kier molecular flexibility index (Phi) is 6.28. The summed E-state index contributed by atoms with van der Waals surface area (Å²) in [5.74, 6) is 0. The quantitative estimate of drug-likeness (QED) is 0.772. The predicted octanol–water partition coefficient (Wildman–Crippen LogP) is 2.32. The Balaban J connectivity index is 2.81. The second-order valence-electron chi connectivity index (χ2n) is 4.30. The molecule has 1 heterocycles. The van der Waals surface area contributed by atoms with Gasteiger partial charge in [0.2, 0.25) is 10.0 Å². The highest BCUT2D eigenvalue weighted by Crippen LogP contribution is 2.22. The summed E-state index contributed by atoms with van der Waals surface area (Å²) in [5, 5.41) is 4.98. The summed E-state index contributed by atoms with van der Waals surface area (Å²) in [6, 6.07) is 1.66. The van der Waals surface area contributed by atoms with E-state index in [-0.39, 0.29) is 6.04 Å². The number of nitrogens with one attached hydrogen (secondary N) is 2. The molecule has 0 aliphatic carbocycles. The van der Waals surface area contributed by atoms with Crippen molar-refractivity contribution in [2.75, 3.05) is 6.54 Å². The number of thiophene rings is 1. The summed E-state index contributed by atoms with van der Waals surface area (Å²) < 4.78 is 27.2. The molecule has 1 atom stereocenters. The third-order valence-electron chi connectivity index (χ3n) is 2.61. The Bertz CT molecular complexity index is 454. The van der Waals surface area contributed by atoms with Crippen LogP contribution < -0.4 is 10.0 Å². The lowest BCUT2D eigenvalue weighted by Gasteiger charge is -2.13. The van der Waals surface area contributed by atoms with E-state index in [1.54, 1.807) is 6.07 Å². The van der Waals surface area contributed by atoms with Gasteiger partial charge in [0.05, 0.1) is 4.90 Å². The van der Waals surface area contributed by atoms with Gasteiger partial charge in [0.25, 0.3) is 0 Å². The maximum atomic E-state index is 12.2. The van der Waals surface area contributed by atoms with Crippen molar-refractivity contribution in [3.8, 4) is 0 Å². The van der Waals surface area contributed by atoms with Crippen LogP contribution >= 0.6 is 11.3 Å². The molecule has 104 valence electrons. The molecule has 0 aromatic carbocycles. The minimum atomic E-state index is -3.38. The van der Waals surface area contributed by atoms with Gasteiger partial charge in [-0.15, -0.1) is 11.3 Å². The van der Waals surface area contributed by atoms with Crippen LogP contribution in [0.25, 0.3) is 0 Å². The van der Waals surface area contributed by atoms with Gasteiger partial charge in [0.1, 0.15) is 0 Å². The summed E-state index contributed by atoms with van der Waals surface area (Å²) in [6.45, 7) is 7.39. The lowest BCUT2D eigenvalue weighted by Crippen LogP contribution is -2.33. The van der Waals surface area contributed by atoms with Crippen LogP contribution in [-0.2, 0) is 16.6 Å². The van der Waals surface area contributed by atoms with Crippen molar-refractivity contribution >= 4 is 21.4 Å². The van der Waals surface area contributed by atoms with E-state index in [4.69, 9.17) is 0 Å². The van der Waals surface area contributed by atoms with Crippen LogP contribution in [0.2, 0.25) is 0 Å². The SMILES string of the molecule is CCCC(C)NS(=O)(=O)c1ccsc1CNCC. The molecule has 0 aliphatic rings. The van der Waals surface area contributed by atoms with Crippen LogP contribution in [0.3, 0.4) is 0 Å². The Morgan fingerprint density at radius 1 is 1.39 bits per heavy atom. The third-order valence-corrected chi connectivity index (χ3v) is 5.33. The summed E-state index contributed by atoms with van der Waals surface area (Å²) in [5.41, 5.74) is 0. The van der Waals surface area contributed by atoms with Gasteiger partial charge < -0.3 is 5.32 Å². The van der Waals surface area contributed by atoms with Crippen molar-refractivity contribution in [1.82, 2.24) is 10.0 Å². The Morgan fingerprint density at radius 3 is 2.72 bits per heavy atom. The molecular weight excluding hydrogens is 268 g/mol. The van der Waals surface area contributed by atoms with Gasteiger partial charge in [-0.25, -0.2) is 13.1 Å². The van der Waals surface area contributed by atoms with Gasteiger partial charge in [-0.05, 0) is 31.3 Å². The molecule has 0 bridgehead atoms. The van der Waals surface area contributed by atoms with Crippen molar-refractivity contribution < 1.29 is 8.42 Å². The van der Waals surface area contributed by atoms with Gasteiger partial charge in [-0.1, -0.05) is 20.3 Å². The second-order valence-corrected chi connectivity index (χ2v) is 6.98. The van der Waals surface area contributed by atoms with Crippen molar-refractivity contribution in [3.05, 3.63) is 16.3 Å². The van der Waals surface area contributed by atoms with Gasteiger partial charge in [0, 0.05) is 17.5 Å². The lowest BCUT2D eigenvalue weighted by molar-refractivity contribution is 0.543. The van der Waals surface area contributed by atoms with Gasteiger partial charge in [-0.3, -0.25) is 0 Å². The van der Waals surface area contributed by atoms with Crippen LogP contribution in [0.15, 0.2) is 16.3 Å². The van der Waals surface area contributed by atoms with E-state index in [0.717, 1.165) is 24.3 Å². The van der Waals surface area contributed by atoms with E-state index in [2.05, 4.69) is 10.0 Å². The maximum absolute atomic E-state index is 12.2. The molecule has 18 heavy (non-hydrogen) atoms. The summed E-state index contributed by atoms with van der Waals surface area (Å²) in [7, 11) is -3.38. The lowest BCUT2D eigenvalue weighted by atomic mass is 10.2. The van der Waals surface area contributed by atoms with Gasteiger partial charge in [-0.2, -0.15) is 0 Å². The van der Waals surface area contributed by atoms with Crippen molar-refractivity contribution in [3.63, 3.8) is 0 Å². The molecular formula is C12H22N2O2S2. The average Bonchev–Trinajstić information content (AvgIpc) is 2.74. The number of hydrogen-bond donors (Lipinski definition) is 2. The topological polar surface area (TPSA) is 58.2 Å². The first-order chi connectivity index (χ1) is 8.51. The first kappa shape index (κ1) is 15.6. The van der Waals surface area contributed by atoms with E-state index in [9.17, 15) is 8.42 Å². The molecule has 1 rings (SSSR count). The van der Waals surface area contributed by atoms with E-state index >= 15 is 0 Å². The highest BCUT2D eigenvalue weighted by atomic mass is 32.2. The molecule has 6 heteroatoms. The molecule has 0 radical (unpaired) electrons. The van der Waals surface area contributed by atoms with E-state index in [1.165, 1.54) is 11.3 Å². The van der Waals surface area contributed by atoms with Gasteiger partial charge in [0.15, 0.2) is 0 Å².